The summed E-state index contributed by atoms with van der Waals surface area (Å²) in [6.45, 7) is 1.48. The molecule has 1 aliphatic rings. The van der Waals surface area contributed by atoms with Crippen LogP contribution in [0.25, 0.3) is 0 Å². The van der Waals surface area contributed by atoms with Crippen molar-refractivity contribution in [2.45, 2.75) is 50.3 Å². The fraction of sp³-hybridized carbons (Fsp3) is 0.533. The molecule has 0 heterocycles. The third-order valence-electron chi connectivity index (χ3n) is 3.93. The van der Waals surface area contributed by atoms with Gasteiger partial charge in [-0.2, -0.15) is 0 Å². The molecule has 4 nitrogen and oxygen atoms in total. The van der Waals surface area contributed by atoms with E-state index in [1.54, 1.807) is 12.1 Å². The number of carbonyl (C=O) groups excluding carboxylic acids is 1. The molecular formula is C15H21NO3S. The minimum Gasteiger partial charge on any atom is -0.298 e. The molecule has 0 unspecified atom stereocenters. The van der Waals surface area contributed by atoms with Crippen LogP contribution in [0.4, 0.5) is 0 Å². The number of hydrogen-bond donors (Lipinski definition) is 1. The number of benzene rings is 1. The van der Waals surface area contributed by atoms with Gasteiger partial charge in [0, 0.05) is 0 Å². The molecule has 0 aromatic heterocycles. The lowest BCUT2D eigenvalue weighted by Crippen LogP contribution is -2.54. The van der Waals surface area contributed by atoms with Crippen molar-refractivity contribution in [2.24, 2.45) is 0 Å². The second kappa shape index (κ2) is 6.06. The summed E-state index contributed by atoms with van der Waals surface area (Å²) in [4.78, 5) is 11.9. The van der Waals surface area contributed by atoms with Crippen molar-refractivity contribution in [1.82, 2.24) is 4.72 Å². The molecule has 0 atom stereocenters. The highest BCUT2D eigenvalue weighted by molar-refractivity contribution is 7.88. The zero-order valence-corrected chi connectivity index (χ0v) is 12.6. The van der Waals surface area contributed by atoms with Crippen LogP contribution in [0.1, 0.15) is 44.6 Å². The monoisotopic (exact) mass is 295 g/mol. The summed E-state index contributed by atoms with van der Waals surface area (Å²) in [5.74, 6) is -0.156. The molecule has 1 aliphatic carbocycles. The summed E-state index contributed by atoms with van der Waals surface area (Å²) in [7, 11) is -3.51. The molecule has 5 heteroatoms. The normalized spacial score (nSPS) is 18.6. The molecule has 0 saturated heterocycles. The highest BCUT2D eigenvalue weighted by atomic mass is 32.2. The molecule has 20 heavy (non-hydrogen) atoms. The maximum absolute atomic E-state index is 12.3. The van der Waals surface area contributed by atoms with Gasteiger partial charge in [0.15, 0.2) is 5.78 Å². The molecule has 0 radical (unpaired) electrons. The maximum Gasteiger partial charge on any atom is 0.216 e. The molecule has 1 saturated carbocycles. The molecular weight excluding hydrogens is 274 g/mol. The SMILES string of the molecule is CC(=O)C1(NS(=O)(=O)Cc2ccccc2)CCCCC1. The van der Waals surface area contributed by atoms with E-state index in [0.717, 1.165) is 24.8 Å². The summed E-state index contributed by atoms with van der Waals surface area (Å²) < 4.78 is 27.3. The largest absolute Gasteiger partial charge is 0.298 e. The van der Waals surface area contributed by atoms with Gasteiger partial charge in [-0.15, -0.1) is 0 Å². The van der Waals surface area contributed by atoms with E-state index in [1.165, 1.54) is 6.92 Å². The van der Waals surface area contributed by atoms with E-state index in [4.69, 9.17) is 0 Å². The van der Waals surface area contributed by atoms with Crippen LogP contribution in [0.5, 0.6) is 0 Å². The van der Waals surface area contributed by atoms with Crippen molar-refractivity contribution in [3.05, 3.63) is 35.9 Å². The van der Waals surface area contributed by atoms with Crippen molar-refractivity contribution in [2.75, 3.05) is 0 Å². The van der Waals surface area contributed by atoms with Gasteiger partial charge in [0.2, 0.25) is 10.0 Å². The summed E-state index contributed by atoms with van der Waals surface area (Å²) in [5.41, 5.74) is -0.152. The predicted molar refractivity (Wildman–Crippen MR) is 78.7 cm³/mol. The van der Waals surface area contributed by atoms with Crippen LogP contribution >= 0.6 is 0 Å². The van der Waals surface area contributed by atoms with Crippen molar-refractivity contribution in [3.63, 3.8) is 0 Å². The van der Waals surface area contributed by atoms with Crippen LogP contribution in [-0.4, -0.2) is 19.7 Å². The first kappa shape index (κ1) is 15.2. The zero-order chi connectivity index (χ0) is 14.6. The van der Waals surface area contributed by atoms with E-state index >= 15 is 0 Å². The number of Topliss-reactive ketones (excluding diaryl/α,β-unsaturated/α-hetero) is 1. The van der Waals surface area contributed by atoms with E-state index in [2.05, 4.69) is 4.72 Å². The van der Waals surface area contributed by atoms with Gasteiger partial charge in [0.25, 0.3) is 0 Å². The molecule has 110 valence electrons. The van der Waals surface area contributed by atoms with Crippen LogP contribution < -0.4 is 4.72 Å². The van der Waals surface area contributed by atoms with E-state index in [0.29, 0.717) is 12.8 Å². The second-order valence-corrected chi connectivity index (χ2v) is 7.27. The minimum absolute atomic E-state index is 0.0752. The standard InChI is InChI=1S/C15H21NO3S/c1-13(17)15(10-6-3-7-11-15)16-20(18,19)12-14-8-4-2-5-9-14/h2,4-5,8-9,16H,3,6-7,10-12H2,1H3. The summed E-state index contributed by atoms with van der Waals surface area (Å²) in [6, 6.07) is 9.03. The number of nitrogens with one attached hydrogen (secondary N) is 1. The fourth-order valence-electron chi connectivity index (χ4n) is 2.81. The van der Waals surface area contributed by atoms with E-state index < -0.39 is 15.6 Å². The van der Waals surface area contributed by atoms with Gasteiger partial charge in [-0.3, -0.25) is 4.79 Å². The van der Waals surface area contributed by atoms with E-state index in [9.17, 15) is 13.2 Å². The van der Waals surface area contributed by atoms with Crippen LogP contribution in [0.3, 0.4) is 0 Å². The topological polar surface area (TPSA) is 63.2 Å². The molecule has 0 amide bonds. The van der Waals surface area contributed by atoms with Crippen LogP contribution in [0, 0.1) is 0 Å². The average Bonchev–Trinajstić information content (AvgIpc) is 2.39. The van der Waals surface area contributed by atoms with Gasteiger partial charge in [-0.05, 0) is 25.3 Å². The minimum atomic E-state index is -3.51. The Morgan fingerprint density at radius 2 is 1.75 bits per heavy atom. The summed E-state index contributed by atoms with van der Waals surface area (Å²) in [6.07, 6.45) is 4.07. The molecule has 1 aromatic rings. The van der Waals surface area contributed by atoms with Gasteiger partial charge in [-0.1, -0.05) is 49.6 Å². The fourth-order valence-corrected chi connectivity index (χ4v) is 4.46. The van der Waals surface area contributed by atoms with Crippen molar-refractivity contribution in [3.8, 4) is 0 Å². The Morgan fingerprint density at radius 3 is 2.30 bits per heavy atom. The lowest BCUT2D eigenvalue weighted by molar-refractivity contribution is -0.123. The Morgan fingerprint density at radius 1 is 1.15 bits per heavy atom. The van der Waals surface area contributed by atoms with Gasteiger partial charge >= 0.3 is 0 Å². The highest BCUT2D eigenvalue weighted by Crippen LogP contribution is 2.30. The predicted octanol–water partition coefficient (Wildman–Crippen LogP) is 2.40. The van der Waals surface area contributed by atoms with Gasteiger partial charge < -0.3 is 0 Å². The molecule has 0 aliphatic heterocycles. The molecule has 0 bridgehead atoms. The number of hydrogen-bond acceptors (Lipinski definition) is 3. The van der Waals surface area contributed by atoms with Crippen molar-refractivity contribution >= 4 is 15.8 Å². The first-order valence-corrected chi connectivity index (χ1v) is 8.65. The smallest absolute Gasteiger partial charge is 0.216 e. The Labute approximate surface area is 120 Å². The van der Waals surface area contributed by atoms with Gasteiger partial charge in [0.1, 0.15) is 0 Å². The number of carbonyl (C=O) groups is 1. The highest BCUT2D eigenvalue weighted by Gasteiger charge is 2.39. The quantitative estimate of drug-likeness (QED) is 0.907. The Hall–Kier alpha value is -1.20. The first-order valence-electron chi connectivity index (χ1n) is 7.00. The lowest BCUT2D eigenvalue weighted by Gasteiger charge is -2.35. The number of ketones is 1. The third kappa shape index (κ3) is 3.67. The van der Waals surface area contributed by atoms with Crippen LogP contribution in [0.2, 0.25) is 0 Å². The van der Waals surface area contributed by atoms with Crippen LogP contribution in [0.15, 0.2) is 30.3 Å². The Balaban J connectivity index is 2.15. The molecule has 2 rings (SSSR count). The first-order chi connectivity index (χ1) is 9.44. The maximum atomic E-state index is 12.3. The Bertz CT molecular complexity index is 560. The lowest BCUT2D eigenvalue weighted by atomic mass is 9.80. The second-order valence-electron chi connectivity index (χ2n) is 5.55. The molecule has 1 N–H and O–H groups in total. The molecule has 1 fully saturated rings. The Kier molecular flexibility index (Phi) is 4.60. The van der Waals surface area contributed by atoms with Gasteiger partial charge in [-0.25, -0.2) is 13.1 Å². The summed E-state index contributed by atoms with van der Waals surface area (Å²) >= 11 is 0. The van der Waals surface area contributed by atoms with Crippen molar-refractivity contribution < 1.29 is 13.2 Å². The zero-order valence-electron chi connectivity index (χ0n) is 11.8. The number of sulfonamides is 1. The third-order valence-corrected chi connectivity index (χ3v) is 5.35. The van der Waals surface area contributed by atoms with Gasteiger partial charge in [0.05, 0.1) is 11.3 Å². The van der Waals surface area contributed by atoms with E-state index in [1.807, 2.05) is 18.2 Å². The molecule has 1 aromatic carbocycles. The van der Waals surface area contributed by atoms with Crippen LogP contribution in [-0.2, 0) is 20.6 Å². The van der Waals surface area contributed by atoms with Crippen molar-refractivity contribution in [1.29, 1.82) is 0 Å². The van der Waals surface area contributed by atoms with E-state index in [-0.39, 0.29) is 11.5 Å². The average molecular weight is 295 g/mol. The summed E-state index contributed by atoms with van der Waals surface area (Å²) in [5, 5.41) is 0. The molecule has 0 spiro atoms. The number of rotatable bonds is 5.